The minimum atomic E-state index is -0.963. The van der Waals surface area contributed by atoms with Crippen molar-refractivity contribution in [2.75, 3.05) is 23.9 Å². The molecule has 0 N–H and O–H groups in total. The Kier molecular flexibility index (Phi) is 4.37. The van der Waals surface area contributed by atoms with Gasteiger partial charge in [0, 0.05) is 36.9 Å². The van der Waals surface area contributed by atoms with E-state index in [-0.39, 0.29) is 4.75 Å². The molecule has 3 nitrogen and oxygen atoms in total. The standard InChI is InChI=1S/C19H21ClN2OS/c20-17-6-4-5-16(13-17)14-21-11-9-19(15-21)10-12-22(24(19)23)18-7-2-1-3-8-18/h1-8,13H,9-12,14-15H2. The maximum Gasteiger partial charge on any atom is 0.127 e. The Labute approximate surface area is 150 Å². The van der Waals surface area contributed by atoms with Gasteiger partial charge in [0.25, 0.3) is 0 Å². The molecule has 126 valence electrons. The zero-order valence-corrected chi connectivity index (χ0v) is 15.1. The fourth-order valence-corrected chi connectivity index (χ4v) is 5.91. The summed E-state index contributed by atoms with van der Waals surface area (Å²) < 4.78 is 15.2. The molecular weight excluding hydrogens is 340 g/mol. The summed E-state index contributed by atoms with van der Waals surface area (Å²) in [4.78, 5) is 2.41. The predicted octanol–water partition coefficient (Wildman–Crippen LogP) is 3.86. The van der Waals surface area contributed by atoms with E-state index in [1.54, 1.807) is 0 Å². The molecule has 5 heteroatoms. The fraction of sp³-hybridized carbons (Fsp3) is 0.368. The summed E-state index contributed by atoms with van der Waals surface area (Å²) in [6.45, 7) is 3.66. The van der Waals surface area contributed by atoms with Gasteiger partial charge in [-0.2, -0.15) is 0 Å². The molecule has 1 spiro atoms. The number of hydrogen-bond donors (Lipinski definition) is 0. The molecule has 2 atom stereocenters. The number of para-hydroxylation sites is 1. The van der Waals surface area contributed by atoms with Crippen molar-refractivity contribution in [1.29, 1.82) is 0 Å². The molecule has 2 aliphatic heterocycles. The van der Waals surface area contributed by atoms with Gasteiger partial charge in [-0.05, 0) is 42.7 Å². The smallest absolute Gasteiger partial charge is 0.127 e. The molecule has 4 rings (SSSR count). The van der Waals surface area contributed by atoms with Crippen LogP contribution in [0, 0.1) is 0 Å². The number of nitrogens with zero attached hydrogens (tertiary/aromatic N) is 2. The lowest BCUT2D eigenvalue weighted by atomic mass is 10.0. The first-order valence-corrected chi connectivity index (χ1v) is 9.86. The molecule has 0 radical (unpaired) electrons. The van der Waals surface area contributed by atoms with E-state index in [0.717, 1.165) is 49.7 Å². The lowest BCUT2D eigenvalue weighted by Gasteiger charge is -2.24. The minimum Gasteiger partial charge on any atom is -0.297 e. The van der Waals surface area contributed by atoms with Gasteiger partial charge >= 0.3 is 0 Å². The Bertz CT molecular complexity index is 754. The Hall–Kier alpha value is -1.36. The first-order chi connectivity index (χ1) is 11.7. The summed E-state index contributed by atoms with van der Waals surface area (Å²) in [6.07, 6.45) is 2.00. The topological polar surface area (TPSA) is 23.6 Å². The molecule has 24 heavy (non-hydrogen) atoms. The highest BCUT2D eigenvalue weighted by molar-refractivity contribution is 7.88. The van der Waals surface area contributed by atoms with Crippen LogP contribution in [0.25, 0.3) is 0 Å². The average Bonchev–Trinajstić information content (AvgIpc) is 3.14. The van der Waals surface area contributed by atoms with Crippen LogP contribution in [-0.2, 0) is 17.5 Å². The number of rotatable bonds is 3. The number of anilines is 1. The zero-order chi connectivity index (χ0) is 16.6. The average molecular weight is 361 g/mol. The van der Waals surface area contributed by atoms with Crippen LogP contribution in [-0.4, -0.2) is 33.5 Å². The van der Waals surface area contributed by atoms with Crippen molar-refractivity contribution in [3.8, 4) is 0 Å². The third-order valence-electron chi connectivity index (χ3n) is 5.08. The van der Waals surface area contributed by atoms with Gasteiger partial charge in [-0.1, -0.05) is 41.9 Å². The predicted molar refractivity (Wildman–Crippen MR) is 101 cm³/mol. The number of benzene rings is 2. The van der Waals surface area contributed by atoms with E-state index in [9.17, 15) is 4.21 Å². The van der Waals surface area contributed by atoms with Crippen LogP contribution in [0.4, 0.5) is 5.69 Å². The molecule has 0 aliphatic carbocycles. The first-order valence-electron chi connectivity index (χ1n) is 8.38. The second-order valence-corrected chi connectivity index (χ2v) is 8.95. The molecule has 0 aromatic heterocycles. The van der Waals surface area contributed by atoms with Gasteiger partial charge in [0.05, 0.1) is 4.75 Å². The van der Waals surface area contributed by atoms with Crippen LogP contribution < -0.4 is 4.31 Å². The van der Waals surface area contributed by atoms with Gasteiger partial charge in [0.15, 0.2) is 0 Å². The van der Waals surface area contributed by atoms with E-state index in [0.29, 0.717) is 0 Å². The van der Waals surface area contributed by atoms with Gasteiger partial charge < -0.3 is 0 Å². The molecule has 2 saturated heterocycles. The van der Waals surface area contributed by atoms with E-state index in [1.807, 2.05) is 36.4 Å². The van der Waals surface area contributed by atoms with Crippen molar-refractivity contribution < 1.29 is 4.21 Å². The SMILES string of the molecule is O=S1N(c2ccccc2)CCC12CCN(Cc1cccc(Cl)c1)C2. The molecule has 2 fully saturated rings. The second-order valence-electron chi connectivity index (χ2n) is 6.71. The monoisotopic (exact) mass is 360 g/mol. The van der Waals surface area contributed by atoms with Crippen LogP contribution in [0.1, 0.15) is 18.4 Å². The maximum absolute atomic E-state index is 13.2. The second kappa shape index (κ2) is 6.51. The molecule has 2 heterocycles. The Balaban J connectivity index is 1.47. The van der Waals surface area contributed by atoms with E-state index in [1.165, 1.54) is 5.56 Å². The molecule has 0 saturated carbocycles. The number of hydrogen-bond acceptors (Lipinski definition) is 2. The summed E-state index contributed by atoms with van der Waals surface area (Å²) in [6, 6.07) is 18.2. The summed E-state index contributed by atoms with van der Waals surface area (Å²) in [5.41, 5.74) is 2.30. The van der Waals surface area contributed by atoms with Crippen molar-refractivity contribution >= 4 is 28.3 Å². The molecular formula is C19H21ClN2OS. The lowest BCUT2D eigenvalue weighted by Crippen LogP contribution is -2.37. The molecule has 2 unspecified atom stereocenters. The maximum atomic E-state index is 13.2. The van der Waals surface area contributed by atoms with Gasteiger partial charge in [-0.15, -0.1) is 0 Å². The van der Waals surface area contributed by atoms with Crippen molar-refractivity contribution in [2.45, 2.75) is 24.1 Å². The van der Waals surface area contributed by atoms with E-state index >= 15 is 0 Å². The normalized spacial score (nSPS) is 27.2. The summed E-state index contributed by atoms with van der Waals surface area (Å²) in [7, 11) is -0.963. The van der Waals surface area contributed by atoms with Crippen molar-refractivity contribution in [3.63, 3.8) is 0 Å². The van der Waals surface area contributed by atoms with Gasteiger partial charge in [-0.3, -0.25) is 9.21 Å². The van der Waals surface area contributed by atoms with E-state index in [4.69, 9.17) is 11.6 Å². The Morgan fingerprint density at radius 3 is 2.62 bits per heavy atom. The van der Waals surface area contributed by atoms with Crippen molar-refractivity contribution in [1.82, 2.24) is 4.90 Å². The van der Waals surface area contributed by atoms with Crippen LogP contribution in [0.5, 0.6) is 0 Å². The van der Waals surface area contributed by atoms with E-state index < -0.39 is 11.0 Å². The molecule has 2 aliphatic rings. The molecule has 0 bridgehead atoms. The van der Waals surface area contributed by atoms with E-state index in [2.05, 4.69) is 27.4 Å². The third-order valence-corrected chi connectivity index (χ3v) is 7.38. The summed E-state index contributed by atoms with van der Waals surface area (Å²) in [5.74, 6) is 0. The van der Waals surface area contributed by atoms with Gasteiger partial charge in [0.1, 0.15) is 11.0 Å². The fourth-order valence-electron chi connectivity index (χ4n) is 3.83. The van der Waals surface area contributed by atoms with Crippen molar-refractivity contribution in [3.05, 3.63) is 65.2 Å². The van der Waals surface area contributed by atoms with Crippen LogP contribution in [0.2, 0.25) is 5.02 Å². The highest BCUT2D eigenvalue weighted by atomic mass is 35.5. The zero-order valence-electron chi connectivity index (χ0n) is 13.5. The van der Waals surface area contributed by atoms with Gasteiger partial charge in [0.2, 0.25) is 0 Å². The highest BCUT2D eigenvalue weighted by Crippen LogP contribution is 2.40. The van der Waals surface area contributed by atoms with Gasteiger partial charge in [-0.25, -0.2) is 4.21 Å². The third kappa shape index (κ3) is 2.99. The van der Waals surface area contributed by atoms with Crippen LogP contribution in [0.15, 0.2) is 54.6 Å². The van der Waals surface area contributed by atoms with Crippen LogP contribution in [0.3, 0.4) is 0 Å². The highest BCUT2D eigenvalue weighted by Gasteiger charge is 2.50. The Morgan fingerprint density at radius 1 is 1.04 bits per heavy atom. The first kappa shape index (κ1) is 16.1. The summed E-state index contributed by atoms with van der Waals surface area (Å²) >= 11 is 6.09. The largest absolute Gasteiger partial charge is 0.297 e. The quantitative estimate of drug-likeness (QED) is 0.829. The van der Waals surface area contributed by atoms with Crippen molar-refractivity contribution in [2.24, 2.45) is 0 Å². The summed E-state index contributed by atoms with van der Waals surface area (Å²) in [5, 5.41) is 0.779. The molecule has 2 aromatic carbocycles. The Morgan fingerprint density at radius 2 is 1.83 bits per heavy atom. The van der Waals surface area contributed by atoms with Crippen LogP contribution >= 0.6 is 11.6 Å². The molecule has 0 amide bonds. The number of halogens is 1. The molecule has 2 aromatic rings. The minimum absolute atomic E-state index is 0.0889. The lowest BCUT2D eigenvalue weighted by molar-refractivity contribution is 0.321. The number of likely N-dealkylation sites (tertiary alicyclic amines) is 1.